The molecule has 1 unspecified atom stereocenters. The Bertz CT molecular complexity index is 510. The summed E-state index contributed by atoms with van der Waals surface area (Å²) < 4.78 is 6.70. The van der Waals surface area contributed by atoms with Crippen molar-refractivity contribution in [3.8, 4) is 5.75 Å². The third-order valence-corrected chi connectivity index (χ3v) is 4.35. The minimum absolute atomic E-state index is 0.225. The molecule has 0 aromatic heterocycles. The molecule has 0 bridgehead atoms. The zero-order valence-electron chi connectivity index (χ0n) is 10.1. The smallest absolute Gasteiger partial charge is 0.119 e. The molecule has 94 valence electrons. The molecule has 0 aliphatic heterocycles. The van der Waals surface area contributed by atoms with Gasteiger partial charge in [-0.2, -0.15) is 0 Å². The van der Waals surface area contributed by atoms with E-state index in [1.807, 2.05) is 19.1 Å². The molecule has 0 aliphatic carbocycles. The Labute approximate surface area is 130 Å². The van der Waals surface area contributed by atoms with Crippen LogP contribution < -0.4 is 4.74 Å². The predicted octanol–water partition coefficient (Wildman–Crippen LogP) is 5.17. The molecule has 0 saturated carbocycles. The van der Waals surface area contributed by atoms with Crippen LogP contribution in [0.2, 0.25) is 0 Å². The maximum absolute atomic E-state index is 5.45. The average Bonchev–Trinajstić information content (AvgIpc) is 2.39. The Morgan fingerprint density at radius 3 is 2.44 bits per heavy atom. The van der Waals surface area contributed by atoms with Crippen molar-refractivity contribution in [2.24, 2.45) is 0 Å². The van der Waals surface area contributed by atoms with Crippen molar-refractivity contribution in [2.75, 3.05) is 6.61 Å². The highest BCUT2D eigenvalue weighted by molar-refractivity contribution is 14.1. The molecule has 0 fully saturated rings. The number of alkyl halides is 1. The molecule has 0 amide bonds. The summed E-state index contributed by atoms with van der Waals surface area (Å²) in [6, 6.07) is 16.7. The molecular formula is C15H14BrIO. The van der Waals surface area contributed by atoms with Crippen LogP contribution in [-0.2, 0) is 0 Å². The van der Waals surface area contributed by atoms with Crippen molar-refractivity contribution >= 4 is 38.5 Å². The van der Waals surface area contributed by atoms with Crippen LogP contribution >= 0.6 is 38.5 Å². The van der Waals surface area contributed by atoms with Gasteiger partial charge >= 0.3 is 0 Å². The maximum Gasteiger partial charge on any atom is 0.119 e. The lowest BCUT2D eigenvalue weighted by atomic mass is 10.1. The molecule has 1 nitrogen and oxygen atoms in total. The molecule has 0 N–H and O–H groups in total. The predicted molar refractivity (Wildman–Crippen MR) is 87.5 cm³/mol. The second-order valence-corrected chi connectivity index (χ2v) is 6.08. The van der Waals surface area contributed by atoms with Gasteiger partial charge in [-0.3, -0.25) is 0 Å². The van der Waals surface area contributed by atoms with E-state index in [1.165, 1.54) is 14.7 Å². The second kappa shape index (κ2) is 6.57. The minimum atomic E-state index is 0.225. The molecule has 1 atom stereocenters. The van der Waals surface area contributed by atoms with Crippen LogP contribution in [0.4, 0.5) is 0 Å². The summed E-state index contributed by atoms with van der Waals surface area (Å²) in [7, 11) is 0. The van der Waals surface area contributed by atoms with Crippen LogP contribution in [0.5, 0.6) is 5.75 Å². The number of halogens is 2. The minimum Gasteiger partial charge on any atom is -0.494 e. The molecule has 0 heterocycles. The molecule has 3 heteroatoms. The topological polar surface area (TPSA) is 9.23 Å². The summed E-state index contributed by atoms with van der Waals surface area (Å²) in [5, 5.41) is 0. The van der Waals surface area contributed by atoms with E-state index < -0.39 is 0 Å². The molecule has 2 rings (SSSR count). The largest absolute Gasteiger partial charge is 0.494 e. The van der Waals surface area contributed by atoms with Crippen LogP contribution in [0.3, 0.4) is 0 Å². The Balaban J connectivity index is 2.20. The van der Waals surface area contributed by atoms with Crippen molar-refractivity contribution < 1.29 is 4.74 Å². The summed E-state index contributed by atoms with van der Waals surface area (Å²) in [5.74, 6) is 0.920. The Morgan fingerprint density at radius 1 is 1.11 bits per heavy atom. The van der Waals surface area contributed by atoms with E-state index in [1.54, 1.807) is 0 Å². The Kier molecular flexibility index (Phi) is 5.06. The highest BCUT2D eigenvalue weighted by Crippen LogP contribution is 2.32. The molecule has 0 saturated heterocycles. The Morgan fingerprint density at radius 2 is 1.83 bits per heavy atom. The average molecular weight is 417 g/mol. The highest BCUT2D eigenvalue weighted by Gasteiger charge is 2.10. The van der Waals surface area contributed by atoms with E-state index in [0.717, 1.165) is 5.75 Å². The van der Waals surface area contributed by atoms with Gasteiger partial charge in [0.15, 0.2) is 0 Å². The van der Waals surface area contributed by atoms with Crippen LogP contribution in [-0.4, -0.2) is 6.61 Å². The van der Waals surface area contributed by atoms with E-state index in [2.05, 4.69) is 74.9 Å². The molecule has 0 radical (unpaired) electrons. The van der Waals surface area contributed by atoms with E-state index >= 15 is 0 Å². The van der Waals surface area contributed by atoms with Crippen LogP contribution in [0, 0.1) is 3.57 Å². The van der Waals surface area contributed by atoms with Gasteiger partial charge in [-0.05, 0) is 64.9 Å². The number of hydrogen-bond acceptors (Lipinski definition) is 1. The number of benzene rings is 2. The lowest BCUT2D eigenvalue weighted by Crippen LogP contribution is -1.95. The van der Waals surface area contributed by atoms with Crippen molar-refractivity contribution in [3.63, 3.8) is 0 Å². The third-order valence-electron chi connectivity index (χ3n) is 2.63. The van der Waals surface area contributed by atoms with Crippen LogP contribution in [0.15, 0.2) is 48.5 Å². The normalized spacial score (nSPS) is 12.2. The monoisotopic (exact) mass is 416 g/mol. The third kappa shape index (κ3) is 3.48. The quantitative estimate of drug-likeness (QED) is 0.493. The van der Waals surface area contributed by atoms with Gasteiger partial charge in [-0.25, -0.2) is 0 Å². The number of rotatable bonds is 4. The first-order valence-electron chi connectivity index (χ1n) is 5.83. The molecule has 0 spiro atoms. The first-order chi connectivity index (χ1) is 8.70. The zero-order valence-corrected chi connectivity index (χ0v) is 13.8. The second-order valence-electron chi connectivity index (χ2n) is 3.92. The van der Waals surface area contributed by atoms with Gasteiger partial charge in [0.1, 0.15) is 5.75 Å². The van der Waals surface area contributed by atoms with Gasteiger partial charge in [0.25, 0.3) is 0 Å². The lowest BCUT2D eigenvalue weighted by Gasteiger charge is -2.12. The lowest BCUT2D eigenvalue weighted by molar-refractivity contribution is 0.340. The van der Waals surface area contributed by atoms with Crippen molar-refractivity contribution in [3.05, 3.63) is 63.2 Å². The SMILES string of the molecule is CCOc1ccc(C(Br)c2cccc(I)c2)cc1. The molecular weight excluding hydrogens is 403 g/mol. The summed E-state index contributed by atoms with van der Waals surface area (Å²) in [5.41, 5.74) is 2.51. The van der Waals surface area contributed by atoms with Gasteiger partial charge in [0, 0.05) is 3.57 Å². The first-order valence-corrected chi connectivity index (χ1v) is 7.82. The zero-order chi connectivity index (χ0) is 13.0. The summed E-state index contributed by atoms with van der Waals surface area (Å²) in [6.07, 6.45) is 0. The van der Waals surface area contributed by atoms with Crippen molar-refractivity contribution in [2.45, 2.75) is 11.8 Å². The van der Waals surface area contributed by atoms with Gasteiger partial charge in [0.2, 0.25) is 0 Å². The van der Waals surface area contributed by atoms with E-state index in [-0.39, 0.29) is 4.83 Å². The summed E-state index contributed by atoms with van der Waals surface area (Å²) in [4.78, 5) is 0.225. The van der Waals surface area contributed by atoms with E-state index in [9.17, 15) is 0 Å². The van der Waals surface area contributed by atoms with Gasteiger partial charge in [0.05, 0.1) is 11.4 Å². The molecule has 18 heavy (non-hydrogen) atoms. The fraction of sp³-hybridized carbons (Fsp3) is 0.200. The van der Waals surface area contributed by atoms with Crippen molar-refractivity contribution in [1.29, 1.82) is 0 Å². The highest BCUT2D eigenvalue weighted by atomic mass is 127. The first kappa shape index (κ1) is 13.9. The van der Waals surface area contributed by atoms with Crippen molar-refractivity contribution in [1.82, 2.24) is 0 Å². The molecule has 2 aromatic carbocycles. The fourth-order valence-corrected chi connectivity index (χ4v) is 2.91. The summed E-state index contributed by atoms with van der Waals surface area (Å²) >= 11 is 6.08. The number of ether oxygens (including phenoxy) is 1. The number of hydrogen-bond donors (Lipinski definition) is 0. The van der Waals surface area contributed by atoms with Gasteiger partial charge in [-0.15, -0.1) is 0 Å². The maximum atomic E-state index is 5.45. The standard InChI is InChI=1S/C15H14BrIO/c1-2-18-14-8-6-11(7-9-14)15(16)12-4-3-5-13(17)10-12/h3-10,15H,2H2,1H3. The van der Waals surface area contributed by atoms with Gasteiger partial charge in [-0.1, -0.05) is 40.2 Å². The van der Waals surface area contributed by atoms with E-state index in [4.69, 9.17) is 4.74 Å². The van der Waals surface area contributed by atoms with Crippen LogP contribution in [0.1, 0.15) is 22.9 Å². The molecule has 0 aliphatic rings. The van der Waals surface area contributed by atoms with Crippen LogP contribution in [0.25, 0.3) is 0 Å². The van der Waals surface area contributed by atoms with Gasteiger partial charge < -0.3 is 4.74 Å². The fourth-order valence-electron chi connectivity index (χ4n) is 1.76. The van der Waals surface area contributed by atoms with E-state index in [0.29, 0.717) is 6.61 Å². The summed E-state index contributed by atoms with van der Waals surface area (Å²) in [6.45, 7) is 2.70. The Hall–Kier alpha value is -0.550. The molecule has 2 aromatic rings.